The highest BCUT2D eigenvalue weighted by Gasteiger charge is 2.51. The van der Waals surface area contributed by atoms with E-state index >= 15 is 0 Å². The molecule has 1 heterocycles. The molecule has 0 radical (unpaired) electrons. The second-order valence-corrected chi connectivity index (χ2v) is 6.09. The van der Waals surface area contributed by atoms with E-state index in [0.29, 0.717) is 0 Å². The summed E-state index contributed by atoms with van der Waals surface area (Å²) in [6, 6.07) is 2.05. The lowest BCUT2D eigenvalue weighted by Crippen LogP contribution is -2.46. The van der Waals surface area contributed by atoms with Crippen LogP contribution in [-0.4, -0.2) is 41.1 Å². The van der Waals surface area contributed by atoms with Gasteiger partial charge in [-0.1, -0.05) is 19.9 Å². The van der Waals surface area contributed by atoms with Crippen molar-refractivity contribution in [3.63, 3.8) is 0 Å². The first-order valence-electron chi connectivity index (χ1n) is 7.64. The van der Waals surface area contributed by atoms with Crippen LogP contribution in [0.15, 0.2) is 18.2 Å². The molecular formula is C16H18F2N2O5. The summed E-state index contributed by atoms with van der Waals surface area (Å²) in [4.78, 5) is 35.0. The van der Waals surface area contributed by atoms with Crippen LogP contribution in [0.2, 0.25) is 0 Å². The van der Waals surface area contributed by atoms with Gasteiger partial charge in [0, 0.05) is 0 Å². The first-order valence-corrected chi connectivity index (χ1v) is 7.64. The summed E-state index contributed by atoms with van der Waals surface area (Å²) in [6.45, 7) is 3.59. The molecule has 9 heteroatoms. The highest BCUT2D eigenvalue weighted by atomic mass is 19.1. The number of epoxide rings is 1. The third kappa shape index (κ3) is 4.72. The Kier molecular flexibility index (Phi) is 5.68. The quantitative estimate of drug-likeness (QED) is 0.638. The second-order valence-electron chi connectivity index (χ2n) is 6.09. The van der Waals surface area contributed by atoms with Crippen molar-refractivity contribution < 1.29 is 33.0 Å². The zero-order chi connectivity index (χ0) is 18.7. The molecule has 1 unspecified atom stereocenters. The van der Waals surface area contributed by atoms with Crippen LogP contribution in [-0.2, 0) is 19.1 Å². The molecule has 0 aromatic heterocycles. The highest BCUT2D eigenvalue weighted by Crippen LogP contribution is 2.23. The van der Waals surface area contributed by atoms with E-state index in [1.165, 1.54) is 0 Å². The monoisotopic (exact) mass is 356 g/mol. The van der Waals surface area contributed by atoms with Crippen molar-refractivity contribution in [3.8, 4) is 0 Å². The summed E-state index contributed by atoms with van der Waals surface area (Å²) in [6.07, 6.45) is -2.23. The Morgan fingerprint density at radius 1 is 1.20 bits per heavy atom. The first kappa shape index (κ1) is 18.8. The SMILES string of the molecule is CC(C)CC(NC(=O)[C@H]1O[C@@H]1C(=O)O)C(=O)Nc1c(F)cccc1F. The van der Waals surface area contributed by atoms with Crippen LogP contribution in [0.4, 0.5) is 14.5 Å². The fourth-order valence-electron chi connectivity index (χ4n) is 2.28. The summed E-state index contributed by atoms with van der Waals surface area (Å²) in [7, 11) is 0. The van der Waals surface area contributed by atoms with Gasteiger partial charge in [-0.15, -0.1) is 0 Å². The molecule has 25 heavy (non-hydrogen) atoms. The van der Waals surface area contributed by atoms with Crippen molar-refractivity contribution in [3.05, 3.63) is 29.8 Å². The maximum atomic E-state index is 13.7. The van der Waals surface area contributed by atoms with E-state index in [0.717, 1.165) is 18.2 Å². The van der Waals surface area contributed by atoms with Crippen LogP contribution in [0.3, 0.4) is 0 Å². The predicted molar refractivity (Wildman–Crippen MR) is 82.7 cm³/mol. The van der Waals surface area contributed by atoms with E-state index in [1.54, 1.807) is 13.8 Å². The Bertz CT molecular complexity index is 675. The van der Waals surface area contributed by atoms with E-state index in [1.807, 2.05) is 0 Å². The summed E-state index contributed by atoms with van der Waals surface area (Å²) in [5, 5.41) is 13.2. The van der Waals surface area contributed by atoms with Gasteiger partial charge in [-0.05, 0) is 24.5 Å². The molecule has 1 aliphatic heterocycles. The van der Waals surface area contributed by atoms with Gasteiger partial charge in [-0.3, -0.25) is 9.59 Å². The number of hydrogen-bond donors (Lipinski definition) is 3. The Morgan fingerprint density at radius 2 is 1.80 bits per heavy atom. The molecule has 0 saturated carbocycles. The normalized spacial score (nSPS) is 20.0. The maximum Gasteiger partial charge on any atom is 0.336 e. The summed E-state index contributed by atoms with van der Waals surface area (Å²) in [5.41, 5.74) is -0.610. The van der Waals surface area contributed by atoms with Crippen molar-refractivity contribution in [2.75, 3.05) is 5.32 Å². The van der Waals surface area contributed by atoms with E-state index < -0.39 is 53.4 Å². The lowest BCUT2D eigenvalue weighted by molar-refractivity contribution is -0.138. The Hall–Kier alpha value is -2.55. The number of aliphatic carboxylic acids is 1. The van der Waals surface area contributed by atoms with Gasteiger partial charge >= 0.3 is 5.97 Å². The molecule has 136 valence electrons. The summed E-state index contributed by atoms with van der Waals surface area (Å²) in [5.74, 6) is -4.75. The molecule has 1 fully saturated rings. The zero-order valence-electron chi connectivity index (χ0n) is 13.6. The minimum absolute atomic E-state index is 0.0168. The van der Waals surface area contributed by atoms with Crippen molar-refractivity contribution in [1.29, 1.82) is 0 Å². The van der Waals surface area contributed by atoms with E-state index in [2.05, 4.69) is 10.6 Å². The molecule has 1 aromatic rings. The molecule has 1 saturated heterocycles. The van der Waals surface area contributed by atoms with Crippen LogP contribution in [0.1, 0.15) is 20.3 Å². The number of ether oxygens (including phenoxy) is 1. The molecular weight excluding hydrogens is 338 g/mol. The molecule has 0 aliphatic carbocycles. The van der Waals surface area contributed by atoms with Gasteiger partial charge in [0.2, 0.25) is 5.91 Å². The average molecular weight is 356 g/mol. The zero-order valence-corrected chi connectivity index (χ0v) is 13.6. The highest BCUT2D eigenvalue weighted by molar-refractivity contribution is 5.99. The van der Waals surface area contributed by atoms with Gasteiger partial charge in [0.15, 0.2) is 12.2 Å². The lowest BCUT2D eigenvalue weighted by Gasteiger charge is -2.20. The molecule has 0 spiro atoms. The number of halogens is 2. The number of benzene rings is 1. The van der Waals surface area contributed by atoms with Gasteiger partial charge in [0.1, 0.15) is 23.4 Å². The van der Waals surface area contributed by atoms with Crippen molar-refractivity contribution in [2.45, 2.75) is 38.5 Å². The standard InChI is InChI=1S/C16H18F2N2O5/c1-7(2)6-10(19-15(22)12-13(25-12)16(23)24)14(21)20-11-8(17)4-3-5-9(11)18/h3-5,7,10,12-13H,6H2,1-2H3,(H,19,22)(H,20,21)(H,23,24)/t10?,12-,13-/m0/s1. The number of anilines is 1. The minimum Gasteiger partial charge on any atom is -0.479 e. The molecule has 3 N–H and O–H groups in total. The number of carbonyl (C=O) groups excluding carboxylic acids is 2. The molecule has 7 nitrogen and oxygen atoms in total. The van der Waals surface area contributed by atoms with Crippen molar-refractivity contribution in [1.82, 2.24) is 5.32 Å². The molecule has 3 atom stereocenters. The van der Waals surface area contributed by atoms with Gasteiger partial charge in [-0.2, -0.15) is 0 Å². The molecule has 2 rings (SSSR count). The number of carbonyl (C=O) groups is 3. The summed E-state index contributed by atoms with van der Waals surface area (Å²) >= 11 is 0. The van der Waals surface area contributed by atoms with Gasteiger partial charge in [0.05, 0.1) is 0 Å². The number of carboxylic acid groups (broad SMARTS) is 1. The fraction of sp³-hybridized carbons (Fsp3) is 0.438. The fourth-order valence-corrected chi connectivity index (χ4v) is 2.28. The lowest BCUT2D eigenvalue weighted by atomic mass is 10.0. The van der Waals surface area contributed by atoms with Crippen LogP contribution in [0.25, 0.3) is 0 Å². The molecule has 2 amide bonds. The maximum absolute atomic E-state index is 13.7. The van der Waals surface area contributed by atoms with Gasteiger partial charge in [0.25, 0.3) is 5.91 Å². The number of nitrogens with one attached hydrogen (secondary N) is 2. The van der Waals surface area contributed by atoms with Crippen LogP contribution in [0, 0.1) is 17.6 Å². The summed E-state index contributed by atoms with van der Waals surface area (Å²) < 4.78 is 32.0. The Balaban J connectivity index is 2.07. The van der Waals surface area contributed by atoms with Crippen LogP contribution in [0.5, 0.6) is 0 Å². The van der Waals surface area contributed by atoms with Gasteiger partial charge < -0.3 is 20.5 Å². The number of rotatable bonds is 7. The third-order valence-electron chi connectivity index (χ3n) is 3.54. The number of hydrogen-bond acceptors (Lipinski definition) is 4. The Labute approximate surface area is 142 Å². The largest absolute Gasteiger partial charge is 0.479 e. The van der Waals surface area contributed by atoms with E-state index in [-0.39, 0.29) is 12.3 Å². The van der Waals surface area contributed by atoms with Crippen molar-refractivity contribution in [2.24, 2.45) is 5.92 Å². The third-order valence-corrected chi connectivity index (χ3v) is 3.54. The smallest absolute Gasteiger partial charge is 0.336 e. The van der Waals surface area contributed by atoms with Crippen molar-refractivity contribution >= 4 is 23.5 Å². The molecule has 0 bridgehead atoms. The van der Waals surface area contributed by atoms with Crippen LogP contribution < -0.4 is 10.6 Å². The first-order chi connectivity index (χ1) is 11.7. The average Bonchev–Trinajstić information content (AvgIpc) is 3.30. The van der Waals surface area contributed by atoms with E-state index in [9.17, 15) is 23.2 Å². The van der Waals surface area contributed by atoms with Crippen LogP contribution >= 0.6 is 0 Å². The minimum atomic E-state index is -1.28. The predicted octanol–water partition coefficient (Wildman–Crippen LogP) is 1.29. The molecule has 1 aliphatic rings. The number of carboxylic acids is 1. The van der Waals surface area contributed by atoms with Gasteiger partial charge in [-0.25, -0.2) is 13.6 Å². The Morgan fingerprint density at radius 3 is 2.28 bits per heavy atom. The number of amides is 2. The molecule has 1 aromatic carbocycles. The van der Waals surface area contributed by atoms with E-state index in [4.69, 9.17) is 9.84 Å². The topological polar surface area (TPSA) is 108 Å². The number of para-hydroxylation sites is 1. The second kappa shape index (κ2) is 7.56.